The average molecular weight is 425 g/mol. The second-order valence-electron chi connectivity index (χ2n) is 7.41. The molecule has 1 aliphatic carbocycles. The van der Waals surface area contributed by atoms with E-state index in [2.05, 4.69) is 5.32 Å². The number of nitrogens with one attached hydrogen (secondary N) is 1. The first-order valence-corrected chi connectivity index (χ1v) is 11.8. The third-order valence-corrected chi connectivity index (χ3v) is 7.40. The lowest BCUT2D eigenvalue weighted by molar-refractivity contribution is -0.129. The van der Waals surface area contributed by atoms with Gasteiger partial charge in [-0.2, -0.15) is 4.31 Å². The van der Waals surface area contributed by atoms with Crippen molar-refractivity contribution < 1.29 is 22.7 Å². The van der Waals surface area contributed by atoms with Crippen LogP contribution < -0.4 is 5.32 Å². The van der Waals surface area contributed by atoms with Crippen molar-refractivity contribution in [3.8, 4) is 0 Å². The molecule has 1 atom stereocenters. The molecule has 162 valence electrons. The minimum Gasteiger partial charge on any atom is -0.449 e. The van der Waals surface area contributed by atoms with Crippen molar-refractivity contribution in [2.24, 2.45) is 5.92 Å². The molecule has 0 aliphatic heterocycles. The quantitative estimate of drug-likeness (QED) is 0.615. The number of ether oxygens (including phenoxy) is 1. The molecule has 0 unspecified atom stereocenters. The van der Waals surface area contributed by atoms with Crippen LogP contribution in [0.1, 0.15) is 63.2 Å². The predicted molar refractivity (Wildman–Crippen MR) is 111 cm³/mol. The highest BCUT2D eigenvalue weighted by molar-refractivity contribution is 7.89. The maximum atomic E-state index is 12.6. The van der Waals surface area contributed by atoms with Crippen LogP contribution in [0.2, 0.25) is 0 Å². The number of amides is 1. The summed E-state index contributed by atoms with van der Waals surface area (Å²) in [6.07, 6.45) is 4.91. The lowest BCUT2D eigenvalue weighted by Gasteiger charge is -2.22. The predicted octanol–water partition coefficient (Wildman–Crippen LogP) is 2.96. The lowest BCUT2D eigenvalue weighted by Crippen LogP contribution is -2.38. The van der Waals surface area contributed by atoms with Crippen molar-refractivity contribution in [2.75, 3.05) is 19.6 Å². The van der Waals surface area contributed by atoms with Crippen LogP contribution in [-0.4, -0.2) is 50.3 Å². The van der Waals surface area contributed by atoms with Gasteiger partial charge in [-0.15, -0.1) is 0 Å². The molecule has 8 heteroatoms. The van der Waals surface area contributed by atoms with Gasteiger partial charge in [0.2, 0.25) is 10.0 Å². The molecule has 0 aromatic heterocycles. The second-order valence-corrected chi connectivity index (χ2v) is 9.35. The first-order valence-electron chi connectivity index (χ1n) is 10.4. The number of carbonyl (C=O) groups excluding carboxylic acids is 2. The first-order chi connectivity index (χ1) is 13.8. The van der Waals surface area contributed by atoms with Gasteiger partial charge in [-0.25, -0.2) is 13.2 Å². The minimum absolute atomic E-state index is 0.0325. The highest BCUT2D eigenvalue weighted by Gasteiger charge is 2.24. The van der Waals surface area contributed by atoms with Gasteiger partial charge < -0.3 is 10.1 Å². The summed E-state index contributed by atoms with van der Waals surface area (Å²) < 4.78 is 31.9. The van der Waals surface area contributed by atoms with E-state index in [4.69, 9.17) is 4.74 Å². The normalized spacial score (nSPS) is 16.4. The first kappa shape index (κ1) is 23.3. The zero-order valence-electron chi connectivity index (χ0n) is 17.5. The third kappa shape index (κ3) is 6.27. The molecule has 1 saturated carbocycles. The van der Waals surface area contributed by atoms with Crippen LogP contribution in [-0.2, 0) is 19.6 Å². The Labute approximate surface area is 173 Å². The van der Waals surface area contributed by atoms with E-state index in [9.17, 15) is 18.0 Å². The molecular weight excluding hydrogens is 392 g/mol. The summed E-state index contributed by atoms with van der Waals surface area (Å²) in [5.41, 5.74) is 0.102. The number of carbonyl (C=O) groups is 2. The molecule has 7 nitrogen and oxygen atoms in total. The summed E-state index contributed by atoms with van der Waals surface area (Å²) in [5, 5.41) is 2.86. The Morgan fingerprint density at radius 3 is 2.45 bits per heavy atom. The third-order valence-electron chi connectivity index (χ3n) is 5.36. The van der Waals surface area contributed by atoms with Gasteiger partial charge in [0.1, 0.15) is 0 Å². The molecule has 1 aromatic carbocycles. The fourth-order valence-electron chi connectivity index (χ4n) is 3.56. The Balaban J connectivity index is 1.98. The van der Waals surface area contributed by atoms with Crippen molar-refractivity contribution in [2.45, 2.75) is 63.9 Å². The second kappa shape index (κ2) is 10.7. The van der Waals surface area contributed by atoms with Gasteiger partial charge in [0, 0.05) is 19.6 Å². The standard InChI is InChI=1S/C21H32N2O5S/c1-4-23(5-2)29(26,27)19-13-9-12-18(14-19)21(25)28-16(3)20(24)22-15-17-10-7-6-8-11-17/h9,12-14,16-17H,4-8,10-11,15H2,1-3H3,(H,22,24)/t16-/m1/s1. The number of rotatable bonds is 9. The summed E-state index contributed by atoms with van der Waals surface area (Å²) in [5.74, 6) is -0.574. The van der Waals surface area contributed by atoms with Gasteiger partial charge in [0.05, 0.1) is 10.5 Å². The topological polar surface area (TPSA) is 92.8 Å². The summed E-state index contributed by atoms with van der Waals surface area (Å²) in [7, 11) is -3.68. The van der Waals surface area contributed by atoms with Crippen LogP contribution in [0.4, 0.5) is 0 Å². The highest BCUT2D eigenvalue weighted by Crippen LogP contribution is 2.23. The summed E-state index contributed by atoms with van der Waals surface area (Å²) >= 11 is 0. The molecule has 1 aliphatic rings. The van der Waals surface area contributed by atoms with E-state index in [1.165, 1.54) is 54.8 Å². The Bertz CT molecular complexity index is 799. The van der Waals surface area contributed by atoms with Gasteiger partial charge in [-0.05, 0) is 43.9 Å². The van der Waals surface area contributed by atoms with E-state index >= 15 is 0 Å². The molecule has 1 amide bonds. The smallest absolute Gasteiger partial charge is 0.338 e. The van der Waals surface area contributed by atoms with Crippen molar-refractivity contribution in [1.29, 1.82) is 0 Å². The van der Waals surface area contributed by atoms with Crippen LogP contribution in [0, 0.1) is 5.92 Å². The number of hydrogen-bond donors (Lipinski definition) is 1. The molecule has 1 fully saturated rings. The summed E-state index contributed by atoms with van der Waals surface area (Å²) in [6.45, 7) is 6.31. The zero-order valence-corrected chi connectivity index (χ0v) is 18.3. The van der Waals surface area contributed by atoms with Crippen LogP contribution in [0.5, 0.6) is 0 Å². The van der Waals surface area contributed by atoms with Gasteiger partial charge in [-0.3, -0.25) is 4.79 Å². The molecule has 1 N–H and O–H groups in total. The van der Waals surface area contributed by atoms with E-state index in [-0.39, 0.29) is 16.4 Å². The number of nitrogens with zero attached hydrogens (tertiary/aromatic N) is 1. The van der Waals surface area contributed by atoms with Crippen molar-refractivity contribution in [3.05, 3.63) is 29.8 Å². The number of hydrogen-bond acceptors (Lipinski definition) is 5. The highest BCUT2D eigenvalue weighted by atomic mass is 32.2. The molecule has 29 heavy (non-hydrogen) atoms. The minimum atomic E-state index is -3.68. The summed E-state index contributed by atoms with van der Waals surface area (Å²) in [4.78, 5) is 24.7. The Morgan fingerprint density at radius 1 is 1.17 bits per heavy atom. The van der Waals surface area contributed by atoms with Crippen LogP contribution in [0.3, 0.4) is 0 Å². The SMILES string of the molecule is CCN(CC)S(=O)(=O)c1cccc(C(=O)O[C@H](C)C(=O)NCC2CCCCC2)c1. The van der Waals surface area contributed by atoms with Gasteiger partial charge in [-0.1, -0.05) is 39.2 Å². The molecule has 0 saturated heterocycles. The fraction of sp³-hybridized carbons (Fsp3) is 0.619. The number of sulfonamides is 1. The van der Waals surface area contributed by atoms with E-state index in [1.54, 1.807) is 13.8 Å². The lowest BCUT2D eigenvalue weighted by atomic mass is 9.89. The Kier molecular flexibility index (Phi) is 8.64. The van der Waals surface area contributed by atoms with E-state index < -0.39 is 22.1 Å². The van der Waals surface area contributed by atoms with Crippen molar-refractivity contribution in [1.82, 2.24) is 9.62 Å². The molecule has 0 heterocycles. The Hall–Kier alpha value is -1.93. The molecule has 1 aromatic rings. The van der Waals surface area contributed by atoms with E-state index in [0.717, 1.165) is 12.8 Å². The largest absolute Gasteiger partial charge is 0.449 e. The van der Waals surface area contributed by atoms with Crippen molar-refractivity contribution >= 4 is 21.9 Å². The van der Waals surface area contributed by atoms with Gasteiger partial charge >= 0.3 is 5.97 Å². The molecule has 2 rings (SSSR count). The van der Waals surface area contributed by atoms with Gasteiger partial charge in [0.25, 0.3) is 5.91 Å². The number of esters is 1. The molecular formula is C21H32N2O5S. The van der Waals surface area contributed by atoms with E-state index in [0.29, 0.717) is 25.6 Å². The molecule has 0 radical (unpaired) electrons. The van der Waals surface area contributed by atoms with Gasteiger partial charge in [0.15, 0.2) is 6.10 Å². The Morgan fingerprint density at radius 2 is 1.83 bits per heavy atom. The zero-order chi connectivity index (χ0) is 21.4. The molecule has 0 bridgehead atoms. The summed E-state index contributed by atoms with van der Waals surface area (Å²) in [6, 6.07) is 5.73. The maximum absolute atomic E-state index is 12.6. The number of benzene rings is 1. The van der Waals surface area contributed by atoms with Crippen molar-refractivity contribution in [3.63, 3.8) is 0 Å². The fourth-order valence-corrected chi connectivity index (χ4v) is 5.06. The maximum Gasteiger partial charge on any atom is 0.338 e. The van der Waals surface area contributed by atoms with E-state index in [1.807, 2.05) is 0 Å². The van der Waals surface area contributed by atoms with Crippen LogP contribution >= 0.6 is 0 Å². The average Bonchev–Trinajstić information content (AvgIpc) is 2.73. The monoisotopic (exact) mass is 424 g/mol. The van der Waals surface area contributed by atoms with Crippen LogP contribution in [0.15, 0.2) is 29.2 Å². The molecule has 0 spiro atoms. The van der Waals surface area contributed by atoms with Crippen LogP contribution in [0.25, 0.3) is 0 Å².